The summed E-state index contributed by atoms with van der Waals surface area (Å²) in [7, 11) is 0. The summed E-state index contributed by atoms with van der Waals surface area (Å²) in [5.74, 6) is -1.90. The quantitative estimate of drug-likeness (QED) is 0.192. The predicted molar refractivity (Wildman–Crippen MR) is 161 cm³/mol. The number of carbonyl (C=O) groups is 3. The van der Waals surface area contributed by atoms with Gasteiger partial charge in [-0.15, -0.1) is 0 Å². The van der Waals surface area contributed by atoms with E-state index in [0.29, 0.717) is 48.4 Å². The van der Waals surface area contributed by atoms with Crippen molar-refractivity contribution in [2.24, 2.45) is 0 Å². The lowest BCUT2D eigenvalue weighted by Crippen LogP contribution is -2.40. The molecule has 0 spiro atoms. The van der Waals surface area contributed by atoms with Gasteiger partial charge in [0.05, 0.1) is 12.4 Å². The molecule has 1 atom stereocenters. The number of carboxylic acids is 1. The van der Waals surface area contributed by atoms with Crippen LogP contribution in [0, 0.1) is 0 Å². The number of aliphatic carboxylic acids is 1. The molecule has 4 heterocycles. The molecule has 4 aromatic rings. The van der Waals surface area contributed by atoms with Crippen LogP contribution in [-0.4, -0.2) is 68.3 Å². The lowest BCUT2D eigenvalue weighted by atomic mass is 10.0. The van der Waals surface area contributed by atoms with E-state index in [2.05, 4.69) is 48.5 Å². The summed E-state index contributed by atoms with van der Waals surface area (Å²) in [5, 5.41) is 23.6. The Morgan fingerprint density at radius 1 is 1.07 bits per heavy atom. The minimum atomic E-state index is -5.08. The van der Waals surface area contributed by atoms with Crippen molar-refractivity contribution in [2.75, 3.05) is 29.0 Å². The zero-order chi connectivity index (χ0) is 32.8. The van der Waals surface area contributed by atoms with Crippen molar-refractivity contribution < 1.29 is 37.2 Å². The molecule has 0 unspecified atom stereocenters. The fraction of sp³-hybridized carbons (Fsp3) is 0.241. The first-order chi connectivity index (χ1) is 21.9. The molecule has 17 heteroatoms. The van der Waals surface area contributed by atoms with Crippen LogP contribution in [0.25, 0.3) is 0 Å². The fourth-order valence-corrected chi connectivity index (χ4v) is 4.89. The van der Waals surface area contributed by atoms with Gasteiger partial charge in [0.15, 0.2) is 5.82 Å². The Morgan fingerprint density at radius 2 is 1.85 bits per heavy atom. The number of likely N-dealkylation sites (tertiary alicyclic amines) is 1. The number of amides is 3. The summed E-state index contributed by atoms with van der Waals surface area (Å²) in [4.78, 5) is 44.8. The van der Waals surface area contributed by atoms with Gasteiger partial charge in [0, 0.05) is 42.3 Å². The Bertz CT molecular complexity index is 1740. The van der Waals surface area contributed by atoms with Crippen LogP contribution in [0.2, 0.25) is 5.02 Å². The molecule has 0 aliphatic carbocycles. The number of nitrogens with zero attached hydrogens (tertiary/aromatic N) is 4. The van der Waals surface area contributed by atoms with Crippen LogP contribution in [0.3, 0.4) is 0 Å². The molecule has 5 N–H and O–H groups in total. The van der Waals surface area contributed by atoms with Crippen LogP contribution in [0.1, 0.15) is 28.1 Å². The maximum Gasteiger partial charge on any atom is 0.490 e. The summed E-state index contributed by atoms with van der Waals surface area (Å²) in [6.45, 7) is 0.923. The second-order valence-electron chi connectivity index (χ2n) is 10.2. The monoisotopic (exact) mass is 658 g/mol. The van der Waals surface area contributed by atoms with Gasteiger partial charge in [-0.25, -0.2) is 14.6 Å². The highest BCUT2D eigenvalue weighted by Gasteiger charge is 2.38. The van der Waals surface area contributed by atoms with E-state index in [9.17, 15) is 22.8 Å². The number of carboxylic acid groups (broad SMARTS) is 1. The number of fused-ring (bicyclic) bond motifs is 6. The first kappa shape index (κ1) is 32.0. The van der Waals surface area contributed by atoms with Crippen LogP contribution in [0.4, 0.5) is 46.8 Å². The van der Waals surface area contributed by atoms with Crippen LogP contribution < -0.4 is 21.3 Å². The SMILES string of the molecule is O=C(Nc1ccc2cc1CCc1cccc(c1)Nc1ncc(Cl)c(n1)N2)N[C@H]1CCN(C(=O)c2ccno2)C1.O=C(O)C(F)(F)F. The zero-order valence-electron chi connectivity index (χ0n) is 23.8. The number of hydrogen-bond acceptors (Lipinski definition) is 9. The largest absolute Gasteiger partial charge is 0.490 e. The van der Waals surface area contributed by atoms with E-state index in [4.69, 9.17) is 26.0 Å². The molecule has 240 valence electrons. The van der Waals surface area contributed by atoms with E-state index in [1.165, 1.54) is 12.3 Å². The first-order valence-corrected chi connectivity index (χ1v) is 14.2. The number of aromatic nitrogens is 3. The molecule has 2 aliphatic rings. The van der Waals surface area contributed by atoms with Gasteiger partial charge >= 0.3 is 18.2 Å². The highest BCUT2D eigenvalue weighted by atomic mass is 35.5. The summed E-state index contributed by atoms with van der Waals surface area (Å²) < 4.78 is 36.7. The van der Waals surface area contributed by atoms with Gasteiger partial charge in [0.2, 0.25) is 11.7 Å². The molecule has 0 saturated carbocycles. The van der Waals surface area contributed by atoms with Crippen molar-refractivity contribution in [3.05, 3.63) is 82.8 Å². The molecular formula is C29H26ClF3N8O5. The normalized spacial score (nSPS) is 15.4. The second kappa shape index (κ2) is 13.7. The van der Waals surface area contributed by atoms with Crippen molar-refractivity contribution >= 4 is 58.3 Å². The van der Waals surface area contributed by atoms with E-state index >= 15 is 0 Å². The van der Waals surface area contributed by atoms with Gasteiger partial charge in [0.25, 0.3) is 5.91 Å². The van der Waals surface area contributed by atoms with E-state index in [1.54, 1.807) is 11.1 Å². The number of hydrogen-bond donors (Lipinski definition) is 5. The molecule has 3 amide bonds. The van der Waals surface area contributed by atoms with Crippen LogP contribution in [-0.2, 0) is 17.6 Å². The van der Waals surface area contributed by atoms with Crippen molar-refractivity contribution in [1.82, 2.24) is 25.3 Å². The van der Waals surface area contributed by atoms with E-state index < -0.39 is 12.1 Å². The van der Waals surface area contributed by atoms with Crippen molar-refractivity contribution in [2.45, 2.75) is 31.5 Å². The average molecular weight is 659 g/mol. The molecule has 46 heavy (non-hydrogen) atoms. The minimum Gasteiger partial charge on any atom is -0.475 e. The molecule has 0 radical (unpaired) electrons. The van der Waals surface area contributed by atoms with Crippen molar-refractivity contribution in [3.63, 3.8) is 0 Å². The third-order valence-electron chi connectivity index (χ3n) is 6.93. The van der Waals surface area contributed by atoms with Gasteiger partial charge in [-0.05, 0) is 60.7 Å². The molecule has 1 saturated heterocycles. The molecule has 1 fully saturated rings. The van der Waals surface area contributed by atoms with Crippen LogP contribution in [0.15, 0.2) is 65.4 Å². The Hall–Kier alpha value is -5.38. The number of urea groups is 1. The third kappa shape index (κ3) is 8.20. The Balaban J connectivity index is 0.000000537. The molecular weight excluding hydrogens is 633 g/mol. The van der Waals surface area contributed by atoms with Gasteiger partial charge < -0.3 is 35.8 Å². The average Bonchev–Trinajstić information content (AvgIpc) is 3.71. The summed E-state index contributed by atoms with van der Waals surface area (Å²) in [6, 6.07) is 14.8. The number of alkyl halides is 3. The molecule has 2 aromatic heterocycles. The van der Waals surface area contributed by atoms with E-state index in [-0.39, 0.29) is 23.7 Å². The van der Waals surface area contributed by atoms with Crippen molar-refractivity contribution in [1.29, 1.82) is 0 Å². The molecule has 2 aliphatic heterocycles. The number of anilines is 5. The first-order valence-electron chi connectivity index (χ1n) is 13.8. The number of aryl methyl sites for hydroxylation is 2. The fourth-order valence-electron chi connectivity index (χ4n) is 4.75. The lowest BCUT2D eigenvalue weighted by Gasteiger charge is -2.18. The number of rotatable bonds is 3. The summed E-state index contributed by atoms with van der Waals surface area (Å²) in [6.07, 6.45) is -0.00206. The second-order valence-corrected chi connectivity index (χ2v) is 10.6. The smallest absolute Gasteiger partial charge is 0.475 e. The number of nitrogens with one attached hydrogen (secondary N) is 4. The molecule has 6 rings (SSSR count). The summed E-state index contributed by atoms with van der Waals surface area (Å²) >= 11 is 6.36. The maximum absolute atomic E-state index is 13.0. The van der Waals surface area contributed by atoms with E-state index in [1.807, 2.05) is 30.3 Å². The predicted octanol–water partition coefficient (Wildman–Crippen LogP) is 5.37. The zero-order valence-corrected chi connectivity index (χ0v) is 24.5. The van der Waals surface area contributed by atoms with Gasteiger partial charge in [-0.1, -0.05) is 28.9 Å². The Kier molecular flexibility index (Phi) is 9.55. The minimum absolute atomic E-state index is 0.174. The number of carbonyl (C=O) groups excluding carboxylic acids is 2. The number of halogens is 4. The summed E-state index contributed by atoms with van der Waals surface area (Å²) in [5.41, 5.74) is 4.43. The van der Waals surface area contributed by atoms with Gasteiger partial charge in [-0.2, -0.15) is 18.2 Å². The van der Waals surface area contributed by atoms with Gasteiger partial charge in [0.1, 0.15) is 5.02 Å². The Labute approximate surface area is 264 Å². The van der Waals surface area contributed by atoms with Crippen LogP contribution >= 0.6 is 11.6 Å². The standard InChI is InChI=1S/C27H25ClN8O3.C2HF3O2/c28-21-14-29-26-32-18-3-1-2-16(12-18)4-5-17-13-19(31-24(21)35-26)6-7-22(17)34-27(38)33-20-9-11-36(15-20)25(37)23-8-10-30-39-23;3-2(4,5)1(6)7/h1-3,6-8,10,12-14,20H,4-5,9,11,15H2,(H2,33,34,38)(H2,29,31,32,35);(H,6,7)/t20-;/m0./s1. The topological polar surface area (TPSA) is 175 Å². The number of benzene rings is 2. The molecule has 6 bridgehead atoms. The third-order valence-corrected chi connectivity index (χ3v) is 7.20. The molecule has 2 aromatic carbocycles. The Morgan fingerprint density at radius 3 is 2.59 bits per heavy atom. The molecule has 13 nitrogen and oxygen atoms in total. The van der Waals surface area contributed by atoms with Crippen LogP contribution in [0.5, 0.6) is 0 Å². The highest BCUT2D eigenvalue weighted by molar-refractivity contribution is 6.32. The van der Waals surface area contributed by atoms with Gasteiger partial charge in [-0.3, -0.25) is 4.79 Å². The van der Waals surface area contributed by atoms with E-state index in [0.717, 1.165) is 28.9 Å². The van der Waals surface area contributed by atoms with Crippen molar-refractivity contribution in [3.8, 4) is 0 Å². The highest BCUT2D eigenvalue weighted by Crippen LogP contribution is 2.29. The lowest BCUT2D eigenvalue weighted by molar-refractivity contribution is -0.192. The maximum atomic E-state index is 13.0.